The van der Waals surface area contributed by atoms with Crippen molar-refractivity contribution in [1.82, 2.24) is 4.57 Å². The molecule has 3 aromatic carbocycles. The molecule has 2 heteroatoms. The Morgan fingerprint density at radius 1 is 0.846 bits per heavy atom. The highest BCUT2D eigenvalue weighted by Crippen LogP contribution is 2.31. The fourth-order valence-corrected chi connectivity index (χ4v) is 4.13. The number of rotatable bonds is 1. The number of allylic oxidation sites excluding steroid dienone is 1. The molecule has 0 saturated carbocycles. The van der Waals surface area contributed by atoms with E-state index >= 15 is 0 Å². The second kappa shape index (κ2) is 5.70. The molecule has 126 valence electrons. The number of benzene rings is 3. The zero-order valence-electron chi connectivity index (χ0n) is 14.7. The van der Waals surface area contributed by atoms with Gasteiger partial charge < -0.3 is 4.57 Å². The zero-order valence-corrected chi connectivity index (χ0v) is 14.7. The molecule has 1 heterocycles. The summed E-state index contributed by atoms with van der Waals surface area (Å²) < 4.78 is 2.23. The number of ketones is 1. The standard InChI is InChI=1S/C24H19NO/c1-25-22-9-5-4-8-20(22)21-15-16(10-13-23(21)25)14-18-12-11-17-6-2-3-7-19(17)24(18)26/h2-10,13-15H,11-12H2,1H3. The van der Waals surface area contributed by atoms with Crippen LogP contribution in [0.5, 0.6) is 0 Å². The maximum absolute atomic E-state index is 12.8. The SMILES string of the molecule is Cn1c2ccccc2c2cc(C=C3CCc4ccccc4C3=O)ccc21. The highest BCUT2D eigenvalue weighted by Gasteiger charge is 2.21. The fourth-order valence-electron chi connectivity index (χ4n) is 4.13. The number of para-hydroxylation sites is 1. The van der Waals surface area contributed by atoms with Gasteiger partial charge in [-0.15, -0.1) is 0 Å². The summed E-state index contributed by atoms with van der Waals surface area (Å²) in [6, 6.07) is 22.9. The van der Waals surface area contributed by atoms with Crippen LogP contribution in [0.25, 0.3) is 27.9 Å². The molecular weight excluding hydrogens is 318 g/mol. The van der Waals surface area contributed by atoms with Gasteiger partial charge in [-0.25, -0.2) is 0 Å². The van der Waals surface area contributed by atoms with E-state index in [1.165, 1.54) is 27.4 Å². The molecular formula is C24H19NO. The first-order chi connectivity index (χ1) is 12.7. The van der Waals surface area contributed by atoms with Crippen molar-refractivity contribution in [3.8, 4) is 0 Å². The Kier molecular flexibility index (Phi) is 3.32. The predicted octanol–water partition coefficient (Wildman–Crippen LogP) is 5.54. The van der Waals surface area contributed by atoms with Gasteiger partial charge in [0, 0.05) is 40.0 Å². The van der Waals surface area contributed by atoms with Gasteiger partial charge in [0.25, 0.3) is 0 Å². The molecule has 5 rings (SSSR count). The molecule has 0 amide bonds. The van der Waals surface area contributed by atoms with Gasteiger partial charge in [-0.05, 0) is 48.2 Å². The van der Waals surface area contributed by atoms with Crippen LogP contribution in [0.1, 0.15) is 27.9 Å². The largest absolute Gasteiger partial charge is 0.344 e. The second-order valence-electron chi connectivity index (χ2n) is 7.01. The molecule has 0 unspecified atom stereocenters. The molecule has 0 N–H and O–H groups in total. The Morgan fingerprint density at radius 3 is 2.54 bits per heavy atom. The number of hydrogen-bond donors (Lipinski definition) is 0. The highest BCUT2D eigenvalue weighted by molar-refractivity contribution is 6.14. The third-order valence-corrected chi connectivity index (χ3v) is 5.50. The molecule has 0 aliphatic heterocycles. The first-order valence-corrected chi connectivity index (χ1v) is 9.03. The van der Waals surface area contributed by atoms with Gasteiger partial charge in [0.05, 0.1) is 0 Å². The Labute approximate surface area is 152 Å². The normalized spacial score (nSPS) is 15.7. The first-order valence-electron chi connectivity index (χ1n) is 9.03. The van der Waals surface area contributed by atoms with Gasteiger partial charge in [-0.1, -0.05) is 48.5 Å². The Bertz CT molecular complexity index is 1210. The summed E-state index contributed by atoms with van der Waals surface area (Å²) in [6.07, 6.45) is 3.81. The molecule has 0 bridgehead atoms. The summed E-state index contributed by atoms with van der Waals surface area (Å²) in [5.41, 5.74) is 6.47. The van der Waals surface area contributed by atoms with E-state index in [0.717, 1.165) is 29.5 Å². The lowest BCUT2D eigenvalue weighted by atomic mass is 9.86. The summed E-state index contributed by atoms with van der Waals surface area (Å²) in [5, 5.41) is 2.49. The van der Waals surface area contributed by atoms with Crippen molar-refractivity contribution in [3.05, 3.63) is 89.0 Å². The summed E-state index contributed by atoms with van der Waals surface area (Å²) in [5.74, 6) is 0.171. The fraction of sp³-hybridized carbons (Fsp3) is 0.125. The molecule has 26 heavy (non-hydrogen) atoms. The van der Waals surface area contributed by atoms with E-state index in [1.54, 1.807) is 0 Å². The lowest BCUT2D eigenvalue weighted by molar-refractivity contribution is 0.102. The number of carbonyl (C=O) groups excluding carboxylic acids is 1. The van der Waals surface area contributed by atoms with Gasteiger partial charge in [-0.2, -0.15) is 0 Å². The van der Waals surface area contributed by atoms with Crippen molar-refractivity contribution in [2.45, 2.75) is 12.8 Å². The van der Waals surface area contributed by atoms with E-state index in [2.05, 4.69) is 66.2 Å². The quantitative estimate of drug-likeness (QED) is 0.418. The molecule has 0 fully saturated rings. The maximum atomic E-state index is 12.8. The Balaban J connectivity index is 1.63. The molecule has 1 aliphatic rings. The van der Waals surface area contributed by atoms with Gasteiger partial charge in [0.2, 0.25) is 0 Å². The lowest BCUT2D eigenvalue weighted by Gasteiger charge is -2.17. The summed E-state index contributed by atoms with van der Waals surface area (Å²) in [4.78, 5) is 12.8. The van der Waals surface area contributed by atoms with E-state index in [1.807, 2.05) is 18.2 Å². The predicted molar refractivity (Wildman–Crippen MR) is 107 cm³/mol. The van der Waals surface area contributed by atoms with E-state index in [0.29, 0.717) is 0 Å². The maximum Gasteiger partial charge on any atom is 0.189 e. The summed E-state index contributed by atoms with van der Waals surface area (Å²) in [6.45, 7) is 0. The molecule has 2 nitrogen and oxygen atoms in total. The van der Waals surface area contributed by atoms with E-state index in [-0.39, 0.29) is 5.78 Å². The van der Waals surface area contributed by atoms with Crippen LogP contribution >= 0.6 is 0 Å². The zero-order chi connectivity index (χ0) is 17.7. The van der Waals surface area contributed by atoms with Crippen LogP contribution in [0, 0.1) is 0 Å². The average molecular weight is 337 g/mol. The molecule has 0 spiro atoms. The third-order valence-electron chi connectivity index (χ3n) is 5.50. The smallest absolute Gasteiger partial charge is 0.189 e. The highest BCUT2D eigenvalue weighted by atomic mass is 16.1. The number of aromatic nitrogens is 1. The first kappa shape index (κ1) is 15.2. The number of nitrogens with zero attached hydrogens (tertiary/aromatic N) is 1. The number of aryl methyl sites for hydroxylation is 2. The molecule has 1 aromatic heterocycles. The molecule has 0 radical (unpaired) electrons. The molecule has 0 atom stereocenters. The van der Waals surface area contributed by atoms with Crippen LogP contribution in [-0.4, -0.2) is 10.4 Å². The molecule has 0 saturated heterocycles. The number of fused-ring (bicyclic) bond motifs is 4. The van der Waals surface area contributed by atoms with Crippen LogP contribution in [0.2, 0.25) is 0 Å². The van der Waals surface area contributed by atoms with Crippen LogP contribution in [0.15, 0.2) is 72.3 Å². The van der Waals surface area contributed by atoms with Crippen LogP contribution in [0.3, 0.4) is 0 Å². The minimum absolute atomic E-state index is 0.171. The van der Waals surface area contributed by atoms with E-state index in [9.17, 15) is 4.79 Å². The monoisotopic (exact) mass is 337 g/mol. The van der Waals surface area contributed by atoms with Crippen molar-refractivity contribution in [1.29, 1.82) is 0 Å². The van der Waals surface area contributed by atoms with Gasteiger partial charge >= 0.3 is 0 Å². The second-order valence-corrected chi connectivity index (χ2v) is 7.01. The minimum Gasteiger partial charge on any atom is -0.344 e. The number of Topliss-reactive ketones (excluding diaryl/α,β-unsaturated/α-hetero) is 1. The number of carbonyl (C=O) groups is 1. The van der Waals surface area contributed by atoms with Crippen molar-refractivity contribution in [2.75, 3.05) is 0 Å². The summed E-state index contributed by atoms with van der Waals surface area (Å²) >= 11 is 0. The van der Waals surface area contributed by atoms with Crippen molar-refractivity contribution in [2.24, 2.45) is 7.05 Å². The van der Waals surface area contributed by atoms with Crippen molar-refractivity contribution in [3.63, 3.8) is 0 Å². The molecule has 1 aliphatic carbocycles. The lowest BCUT2D eigenvalue weighted by Crippen LogP contribution is -2.13. The van der Waals surface area contributed by atoms with E-state index < -0.39 is 0 Å². The van der Waals surface area contributed by atoms with Crippen molar-refractivity contribution < 1.29 is 4.79 Å². The van der Waals surface area contributed by atoms with Crippen molar-refractivity contribution >= 4 is 33.7 Å². The van der Waals surface area contributed by atoms with Crippen LogP contribution in [-0.2, 0) is 13.5 Å². The van der Waals surface area contributed by atoms with Crippen LogP contribution < -0.4 is 0 Å². The van der Waals surface area contributed by atoms with Gasteiger partial charge in [0.15, 0.2) is 5.78 Å². The average Bonchev–Trinajstić information content (AvgIpc) is 2.97. The number of hydrogen-bond acceptors (Lipinski definition) is 1. The minimum atomic E-state index is 0.171. The van der Waals surface area contributed by atoms with E-state index in [4.69, 9.17) is 0 Å². The summed E-state index contributed by atoms with van der Waals surface area (Å²) in [7, 11) is 2.10. The Morgan fingerprint density at radius 2 is 1.62 bits per heavy atom. The van der Waals surface area contributed by atoms with Gasteiger partial charge in [-0.3, -0.25) is 4.79 Å². The van der Waals surface area contributed by atoms with Gasteiger partial charge in [0.1, 0.15) is 0 Å². The third kappa shape index (κ3) is 2.22. The van der Waals surface area contributed by atoms with Crippen LogP contribution in [0.4, 0.5) is 0 Å². The Hall–Kier alpha value is -3.13. The topological polar surface area (TPSA) is 22.0 Å². The molecule has 4 aromatic rings.